The average molecular weight is 238 g/mol. The minimum Gasteiger partial charge on any atom is -0.384 e. The van der Waals surface area contributed by atoms with Gasteiger partial charge < -0.3 is 10.6 Å². The van der Waals surface area contributed by atoms with Crippen molar-refractivity contribution in [3.63, 3.8) is 0 Å². The molecule has 0 amide bonds. The topological polar surface area (TPSA) is 66.0 Å². The molecule has 0 radical (unpaired) electrons. The Morgan fingerprint density at radius 2 is 2.06 bits per heavy atom. The number of rotatable bonds is 2. The summed E-state index contributed by atoms with van der Waals surface area (Å²) in [5.41, 5.74) is 9.80. The lowest BCUT2D eigenvalue weighted by Crippen LogP contribution is -2.20. The lowest BCUT2D eigenvalue weighted by molar-refractivity contribution is 0.990. The molecule has 1 aliphatic rings. The van der Waals surface area contributed by atoms with Crippen molar-refractivity contribution in [1.29, 1.82) is 5.41 Å². The Hall–Kier alpha value is -2.36. The molecular weight excluding hydrogens is 224 g/mol. The first-order valence-electron chi connectivity index (χ1n) is 5.91. The standard InChI is InChI=1S/C14H14N4/c15-14(16)11-5-7-17-9-13(11)18-8-6-10-3-1-2-4-12(10)18/h1-5,7,9H,6,8H2,(H3,15,16). The van der Waals surface area contributed by atoms with Crippen molar-refractivity contribution in [2.24, 2.45) is 5.73 Å². The van der Waals surface area contributed by atoms with Gasteiger partial charge in [0.15, 0.2) is 0 Å². The number of amidine groups is 1. The zero-order chi connectivity index (χ0) is 12.5. The number of nitrogens with zero attached hydrogens (tertiary/aromatic N) is 2. The van der Waals surface area contributed by atoms with Crippen LogP contribution in [0.4, 0.5) is 11.4 Å². The van der Waals surface area contributed by atoms with Crippen LogP contribution in [0, 0.1) is 5.41 Å². The number of anilines is 2. The van der Waals surface area contributed by atoms with Gasteiger partial charge in [-0.2, -0.15) is 0 Å². The molecule has 0 spiro atoms. The second-order valence-corrected chi connectivity index (χ2v) is 4.34. The van der Waals surface area contributed by atoms with Crippen molar-refractivity contribution in [2.75, 3.05) is 11.4 Å². The van der Waals surface area contributed by atoms with Gasteiger partial charge in [-0.3, -0.25) is 10.4 Å². The van der Waals surface area contributed by atoms with Crippen molar-refractivity contribution >= 4 is 17.2 Å². The molecule has 4 heteroatoms. The molecule has 0 fully saturated rings. The minimum absolute atomic E-state index is 0.0804. The zero-order valence-electron chi connectivity index (χ0n) is 9.93. The van der Waals surface area contributed by atoms with Gasteiger partial charge in [0.2, 0.25) is 0 Å². The predicted octanol–water partition coefficient (Wildman–Crippen LogP) is 2.06. The van der Waals surface area contributed by atoms with Gasteiger partial charge in [-0.1, -0.05) is 18.2 Å². The maximum atomic E-state index is 7.65. The summed E-state index contributed by atoms with van der Waals surface area (Å²) in [6.07, 6.45) is 4.46. The van der Waals surface area contributed by atoms with E-state index in [1.165, 1.54) is 11.3 Å². The van der Waals surface area contributed by atoms with E-state index in [2.05, 4.69) is 28.1 Å². The molecule has 0 bridgehead atoms. The zero-order valence-corrected chi connectivity index (χ0v) is 9.93. The highest BCUT2D eigenvalue weighted by molar-refractivity contribution is 6.01. The van der Waals surface area contributed by atoms with Crippen molar-refractivity contribution in [3.8, 4) is 0 Å². The molecule has 4 nitrogen and oxygen atoms in total. The number of nitrogen functional groups attached to an aromatic ring is 1. The van der Waals surface area contributed by atoms with Crippen LogP contribution in [0.15, 0.2) is 42.7 Å². The van der Waals surface area contributed by atoms with Crippen LogP contribution in [0.3, 0.4) is 0 Å². The van der Waals surface area contributed by atoms with Crippen LogP contribution >= 0.6 is 0 Å². The summed E-state index contributed by atoms with van der Waals surface area (Å²) < 4.78 is 0. The highest BCUT2D eigenvalue weighted by atomic mass is 15.2. The Morgan fingerprint density at radius 3 is 2.89 bits per heavy atom. The largest absolute Gasteiger partial charge is 0.384 e. The number of nitrogens with one attached hydrogen (secondary N) is 1. The van der Waals surface area contributed by atoms with E-state index in [9.17, 15) is 0 Å². The molecule has 2 heterocycles. The number of benzene rings is 1. The predicted molar refractivity (Wildman–Crippen MR) is 72.4 cm³/mol. The Labute approximate surface area is 106 Å². The van der Waals surface area contributed by atoms with E-state index in [0.717, 1.165) is 24.2 Å². The van der Waals surface area contributed by atoms with E-state index in [0.29, 0.717) is 0 Å². The van der Waals surface area contributed by atoms with Crippen LogP contribution in [-0.2, 0) is 6.42 Å². The summed E-state index contributed by atoms with van der Waals surface area (Å²) in [6.45, 7) is 0.908. The van der Waals surface area contributed by atoms with Crippen LogP contribution in [0.5, 0.6) is 0 Å². The van der Waals surface area contributed by atoms with E-state index >= 15 is 0 Å². The second kappa shape index (κ2) is 4.14. The average Bonchev–Trinajstić information content (AvgIpc) is 2.82. The molecule has 18 heavy (non-hydrogen) atoms. The quantitative estimate of drug-likeness (QED) is 0.621. The molecule has 1 aromatic carbocycles. The summed E-state index contributed by atoms with van der Waals surface area (Å²) in [4.78, 5) is 6.33. The molecule has 0 unspecified atom stereocenters. The number of fused-ring (bicyclic) bond motifs is 1. The molecule has 2 aromatic rings. The van der Waals surface area contributed by atoms with Gasteiger partial charge in [-0.25, -0.2) is 0 Å². The maximum Gasteiger partial charge on any atom is 0.125 e. The Morgan fingerprint density at radius 1 is 1.22 bits per heavy atom. The maximum absolute atomic E-state index is 7.65. The third kappa shape index (κ3) is 1.62. The van der Waals surface area contributed by atoms with Crippen LogP contribution in [0.1, 0.15) is 11.1 Å². The van der Waals surface area contributed by atoms with Crippen molar-refractivity contribution in [2.45, 2.75) is 6.42 Å². The Balaban J connectivity index is 2.10. The third-order valence-electron chi connectivity index (χ3n) is 3.27. The lowest BCUT2D eigenvalue weighted by Gasteiger charge is -2.21. The van der Waals surface area contributed by atoms with Gasteiger partial charge in [-0.05, 0) is 24.1 Å². The molecule has 1 aliphatic heterocycles. The monoisotopic (exact) mass is 238 g/mol. The number of pyridine rings is 1. The number of hydrogen-bond donors (Lipinski definition) is 2. The fourth-order valence-corrected chi connectivity index (χ4v) is 2.42. The fraction of sp³-hybridized carbons (Fsp3) is 0.143. The van der Waals surface area contributed by atoms with E-state index in [-0.39, 0.29) is 5.84 Å². The molecule has 0 aliphatic carbocycles. The number of hydrogen-bond acceptors (Lipinski definition) is 3. The summed E-state index contributed by atoms with van der Waals surface area (Å²) in [6, 6.07) is 10.1. The number of aromatic nitrogens is 1. The molecule has 1 aromatic heterocycles. The van der Waals surface area contributed by atoms with Crippen molar-refractivity contribution < 1.29 is 0 Å². The van der Waals surface area contributed by atoms with Gasteiger partial charge in [-0.15, -0.1) is 0 Å². The molecule has 90 valence electrons. The normalized spacial score (nSPS) is 13.4. The second-order valence-electron chi connectivity index (χ2n) is 4.34. The van der Waals surface area contributed by atoms with Crippen molar-refractivity contribution in [1.82, 2.24) is 4.98 Å². The lowest BCUT2D eigenvalue weighted by atomic mass is 10.1. The molecule has 0 atom stereocenters. The van der Waals surface area contributed by atoms with E-state index in [1.54, 1.807) is 18.5 Å². The van der Waals surface area contributed by atoms with Gasteiger partial charge in [0.25, 0.3) is 0 Å². The number of nitrogens with two attached hydrogens (primary N) is 1. The van der Waals surface area contributed by atoms with Gasteiger partial charge in [0.05, 0.1) is 11.9 Å². The first-order valence-corrected chi connectivity index (χ1v) is 5.91. The van der Waals surface area contributed by atoms with Gasteiger partial charge >= 0.3 is 0 Å². The SMILES string of the molecule is N=C(N)c1ccncc1N1CCc2ccccc21. The summed E-state index contributed by atoms with van der Waals surface area (Å²) in [7, 11) is 0. The first kappa shape index (κ1) is 10.8. The molecular formula is C14H14N4. The smallest absolute Gasteiger partial charge is 0.125 e. The van der Waals surface area contributed by atoms with Crippen LogP contribution in [0.25, 0.3) is 0 Å². The summed E-state index contributed by atoms with van der Waals surface area (Å²) >= 11 is 0. The molecule has 0 saturated carbocycles. The third-order valence-corrected chi connectivity index (χ3v) is 3.27. The van der Waals surface area contributed by atoms with Crippen LogP contribution in [-0.4, -0.2) is 17.4 Å². The summed E-state index contributed by atoms with van der Waals surface area (Å²) in [5, 5.41) is 7.65. The van der Waals surface area contributed by atoms with E-state index < -0.39 is 0 Å². The highest BCUT2D eigenvalue weighted by Gasteiger charge is 2.22. The fourth-order valence-electron chi connectivity index (χ4n) is 2.42. The van der Waals surface area contributed by atoms with Crippen LogP contribution in [0.2, 0.25) is 0 Å². The van der Waals surface area contributed by atoms with E-state index in [1.807, 2.05) is 6.07 Å². The Bertz CT molecular complexity index is 606. The number of para-hydroxylation sites is 1. The van der Waals surface area contributed by atoms with Gasteiger partial charge in [0.1, 0.15) is 5.84 Å². The van der Waals surface area contributed by atoms with Crippen molar-refractivity contribution in [3.05, 3.63) is 53.9 Å². The minimum atomic E-state index is 0.0804. The first-order chi connectivity index (χ1) is 8.77. The van der Waals surface area contributed by atoms with Crippen LogP contribution < -0.4 is 10.6 Å². The van der Waals surface area contributed by atoms with Gasteiger partial charge in [0, 0.05) is 24.0 Å². The van der Waals surface area contributed by atoms with E-state index in [4.69, 9.17) is 11.1 Å². The molecule has 3 N–H and O–H groups in total. The Kier molecular flexibility index (Phi) is 2.48. The molecule has 0 saturated heterocycles. The summed E-state index contributed by atoms with van der Waals surface area (Å²) in [5.74, 6) is 0.0804. The highest BCUT2D eigenvalue weighted by Crippen LogP contribution is 2.35. The molecule has 3 rings (SSSR count).